The summed E-state index contributed by atoms with van der Waals surface area (Å²) in [4.78, 5) is 2.12. The van der Waals surface area contributed by atoms with Crippen LogP contribution < -0.4 is 5.32 Å². The molecular formula is C10H24N2O2S. The lowest BCUT2D eigenvalue weighted by Gasteiger charge is -2.32. The van der Waals surface area contributed by atoms with Crippen LogP contribution in [-0.4, -0.2) is 57.5 Å². The average molecular weight is 236 g/mol. The molecule has 0 aliphatic heterocycles. The number of likely N-dealkylation sites (N-methyl/N-ethyl adjacent to an activating group) is 1. The molecule has 0 aromatic carbocycles. The van der Waals surface area contributed by atoms with Crippen LogP contribution in [0.4, 0.5) is 0 Å². The third-order valence-electron chi connectivity index (χ3n) is 2.80. The molecule has 92 valence electrons. The van der Waals surface area contributed by atoms with E-state index in [1.165, 1.54) is 0 Å². The number of hydrogen-bond acceptors (Lipinski definition) is 4. The highest BCUT2D eigenvalue weighted by Gasteiger charge is 2.19. The van der Waals surface area contributed by atoms with E-state index in [2.05, 4.69) is 24.1 Å². The molecule has 0 rings (SSSR count). The Bertz CT molecular complexity index is 271. The minimum absolute atomic E-state index is 0.0516. The summed E-state index contributed by atoms with van der Waals surface area (Å²) >= 11 is 0. The van der Waals surface area contributed by atoms with Crippen LogP contribution in [0.25, 0.3) is 0 Å². The fourth-order valence-corrected chi connectivity index (χ4v) is 1.67. The predicted molar refractivity (Wildman–Crippen MR) is 65.0 cm³/mol. The van der Waals surface area contributed by atoms with E-state index in [1.807, 2.05) is 14.1 Å². The molecule has 1 N–H and O–H groups in total. The van der Waals surface area contributed by atoms with Crippen LogP contribution in [0, 0.1) is 0 Å². The summed E-state index contributed by atoms with van der Waals surface area (Å²) in [5.41, 5.74) is 0.0516. The van der Waals surface area contributed by atoms with Gasteiger partial charge in [0, 0.05) is 24.4 Å². The Morgan fingerprint density at radius 1 is 1.27 bits per heavy atom. The van der Waals surface area contributed by atoms with Gasteiger partial charge < -0.3 is 10.2 Å². The maximum atomic E-state index is 11.2. The fraction of sp³-hybridized carbons (Fsp3) is 1.00. The van der Waals surface area contributed by atoms with Gasteiger partial charge in [0.05, 0.1) is 5.75 Å². The van der Waals surface area contributed by atoms with Gasteiger partial charge in [0.1, 0.15) is 0 Å². The maximum absolute atomic E-state index is 11.2. The summed E-state index contributed by atoms with van der Waals surface area (Å²) in [6, 6.07) is 0. The second kappa shape index (κ2) is 5.82. The molecule has 0 aliphatic rings. The minimum Gasteiger partial charge on any atom is -0.314 e. The van der Waals surface area contributed by atoms with Crippen LogP contribution in [-0.2, 0) is 9.84 Å². The first-order valence-corrected chi connectivity index (χ1v) is 7.12. The van der Waals surface area contributed by atoms with Crippen molar-refractivity contribution in [3.05, 3.63) is 0 Å². The Balaban J connectivity index is 3.82. The van der Waals surface area contributed by atoms with Crippen molar-refractivity contribution in [1.29, 1.82) is 0 Å². The zero-order chi connectivity index (χ0) is 12.1. The van der Waals surface area contributed by atoms with E-state index in [1.54, 1.807) is 6.92 Å². The van der Waals surface area contributed by atoms with Gasteiger partial charge in [0.25, 0.3) is 0 Å². The van der Waals surface area contributed by atoms with Gasteiger partial charge in [0.15, 0.2) is 9.84 Å². The van der Waals surface area contributed by atoms with Crippen LogP contribution in [0.3, 0.4) is 0 Å². The van der Waals surface area contributed by atoms with Crippen molar-refractivity contribution in [2.24, 2.45) is 0 Å². The molecule has 0 aliphatic carbocycles. The molecule has 0 heterocycles. The van der Waals surface area contributed by atoms with E-state index in [0.717, 1.165) is 6.54 Å². The number of nitrogens with one attached hydrogen (secondary N) is 1. The molecule has 0 aromatic rings. The second-order valence-electron chi connectivity index (χ2n) is 4.62. The van der Waals surface area contributed by atoms with Crippen LogP contribution in [0.2, 0.25) is 0 Å². The Morgan fingerprint density at radius 2 is 1.80 bits per heavy atom. The third kappa shape index (κ3) is 6.12. The summed E-state index contributed by atoms with van der Waals surface area (Å²) in [6.45, 7) is 7.24. The van der Waals surface area contributed by atoms with E-state index in [9.17, 15) is 8.42 Å². The number of nitrogens with zero attached hydrogens (tertiary/aromatic N) is 1. The molecule has 0 unspecified atom stereocenters. The standard InChI is InChI=1S/C10H24N2O2S/c1-6-15(13,14)8-7-11-9-10(2,3)12(4)5/h11H,6-9H2,1-5H3. The second-order valence-corrected chi connectivity index (χ2v) is 7.09. The lowest BCUT2D eigenvalue weighted by molar-refractivity contribution is 0.191. The van der Waals surface area contributed by atoms with E-state index in [-0.39, 0.29) is 17.0 Å². The van der Waals surface area contributed by atoms with E-state index in [0.29, 0.717) is 6.54 Å². The highest BCUT2D eigenvalue weighted by Crippen LogP contribution is 2.07. The SMILES string of the molecule is CCS(=O)(=O)CCNCC(C)(C)N(C)C. The van der Waals surface area contributed by atoms with Crippen LogP contribution in [0.5, 0.6) is 0 Å². The predicted octanol–water partition coefficient (Wildman–Crippen LogP) is 0.351. The molecule has 15 heavy (non-hydrogen) atoms. The Kier molecular flexibility index (Phi) is 5.77. The molecular weight excluding hydrogens is 212 g/mol. The average Bonchev–Trinajstić information content (AvgIpc) is 2.12. The normalized spacial score (nSPS) is 13.5. The van der Waals surface area contributed by atoms with Crippen LogP contribution >= 0.6 is 0 Å². The first-order valence-electron chi connectivity index (χ1n) is 5.30. The van der Waals surface area contributed by atoms with Gasteiger partial charge in [-0.15, -0.1) is 0 Å². The van der Waals surface area contributed by atoms with E-state index >= 15 is 0 Å². The van der Waals surface area contributed by atoms with E-state index in [4.69, 9.17) is 0 Å². The molecule has 5 heteroatoms. The summed E-state index contributed by atoms with van der Waals surface area (Å²) in [5.74, 6) is 0.457. The van der Waals surface area contributed by atoms with E-state index < -0.39 is 9.84 Å². The number of hydrogen-bond donors (Lipinski definition) is 1. The summed E-state index contributed by atoms with van der Waals surface area (Å²) in [6.07, 6.45) is 0. The quantitative estimate of drug-likeness (QED) is 0.648. The summed E-state index contributed by atoms with van der Waals surface area (Å²) in [7, 11) is 1.20. The maximum Gasteiger partial charge on any atom is 0.151 e. The van der Waals surface area contributed by atoms with Gasteiger partial charge in [-0.25, -0.2) is 8.42 Å². The zero-order valence-corrected chi connectivity index (χ0v) is 11.3. The minimum atomic E-state index is -2.83. The summed E-state index contributed by atoms with van der Waals surface area (Å²) < 4.78 is 22.4. The molecule has 0 atom stereocenters. The third-order valence-corrected chi connectivity index (χ3v) is 4.50. The van der Waals surface area contributed by atoms with Crippen molar-refractivity contribution in [3.8, 4) is 0 Å². The van der Waals surface area contributed by atoms with Gasteiger partial charge >= 0.3 is 0 Å². The fourth-order valence-electron chi connectivity index (χ4n) is 0.924. The molecule has 0 aromatic heterocycles. The number of sulfone groups is 1. The largest absolute Gasteiger partial charge is 0.314 e. The van der Waals surface area contributed by atoms with Gasteiger partial charge in [-0.05, 0) is 27.9 Å². The topological polar surface area (TPSA) is 49.4 Å². The lowest BCUT2D eigenvalue weighted by atomic mass is 10.0. The Labute approximate surface area is 94.0 Å². The molecule has 0 spiro atoms. The van der Waals surface area contributed by atoms with Gasteiger partial charge in [0.2, 0.25) is 0 Å². The van der Waals surface area contributed by atoms with Crippen LogP contribution in [0.1, 0.15) is 20.8 Å². The smallest absolute Gasteiger partial charge is 0.151 e. The van der Waals surface area contributed by atoms with Crippen molar-refractivity contribution in [2.75, 3.05) is 38.7 Å². The van der Waals surface area contributed by atoms with Crippen molar-refractivity contribution in [1.82, 2.24) is 10.2 Å². The molecule has 0 fully saturated rings. The molecule has 4 nitrogen and oxygen atoms in total. The van der Waals surface area contributed by atoms with Crippen molar-refractivity contribution in [2.45, 2.75) is 26.3 Å². The van der Waals surface area contributed by atoms with Crippen molar-refractivity contribution < 1.29 is 8.42 Å². The monoisotopic (exact) mass is 236 g/mol. The summed E-state index contributed by atoms with van der Waals surface area (Å²) in [5, 5.41) is 3.18. The zero-order valence-electron chi connectivity index (χ0n) is 10.5. The first kappa shape index (κ1) is 14.9. The molecule has 0 saturated heterocycles. The molecule has 0 radical (unpaired) electrons. The van der Waals surface area contributed by atoms with Crippen molar-refractivity contribution in [3.63, 3.8) is 0 Å². The number of rotatable bonds is 7. The Morgan fingerprint density at radius 3 is 2.20 bits per heavy atom. The van der Waals surface area contributed by atoms with Crippen molar-refractivity contribution >= 4 is 9.84 Å². The van der Waals surface area contributed by atoms with Gasteiger partial charge in [-0.1, -0.05) is 6.92 Å². The first-order chi connectivity index (χ1) is 6.71. The highest BCUT2D eigenvalue weighted by molar-refractivity contribution is 7.91. The Hall–Kier alpha value is -0.130. The molecule has 0 bridgehead atoms. The van der Waals surface area contributed by atoms with Gasteiger partial charge in [-0.3, -0.25) is 0 Å². The molecule has 0 amide bonds. The van der Waals surface area contributed by atoms with Crippen LogP contribution in [0.15, 0.2) is 0 Å². The molecule has 0 saturated carbocycles. The highest BCUT2D eigenvalue weighted by atomic mass is 32.2. The lowest BCUT2D eigenvalue weighted by Crippen LogP contribution is -2.47. The van der Waals surface area contributed by atoms with Gasteiger partial charge in [-0.2, -0.15) is 0 Å².